The van der Waals surface area contributed by atoms with E-state index in [2.05, 4.69) is 9.97 Å². The highest BCUT2D eigenvalue weighted by Gasteiger charge is 2.20. The van der Waals surface area contributed by atoms with Crippen molar-refractivity contribution >= 4 is 17.0 Å². The van der Waals surface area contributed by atoms with E-state index in [0.717, 1.165) is 11.0 Å². The molecule has 15 heavy (non-hydrogen) atoms. The molecule has 1 unspecified atom stereocenters. The molecule has 0 saturated carbocycles. The minimum atomic E-state index is -0.874. The highest BCUT2D eigenvalue weighted by molar-refractivity contribution is 5.79. The lowest BCUT2D eigenvalue weighted by molar-refractivity contribution is -0.138. The number of hydrogen-bond acceptors (Lipinski definition) is 3. The predicted octanol–water partition coefficient (Wildman–Crippen LogP) is 1.16. The van der Waals surface area contributed by atoms with Gasteiger partial charge in [0, 0.05) is 13.2 Å². The number of imidazole rings is 1. The first kappa shape index (κ1) is 9.64. The molecule has 1 N–H and O–H groups in total. The molecule has 0 aliphatic rings. The maximum atomic E-state index is 10.9. The first-order valence-corrected chi connectivity index (χ1v) is 4.60. The van der Waals surface area contributed by atoms with E-state index in [9.17, 15) is 4.79 Å². The van der Waals surface area contributed by atoms with E-state index in [0.29, 0.717) is 5.82 Å². The van der Waals surface area contributed by atoms with Gasteiger partial charge in [-0.1, -0.05) is 0 Å². The van der Waals surface area contributed by atoms with E-state index < -0.39 is 11.9 Å². The molecule has 2 aromatic rings. The topological polar surface area (TPSA) is 68.0 Å². The number of pyridine rings is 1. The van der Waals surface area contributed by atoms with Crippen LogP contribution in [0, 0.1) is 0 Å². The first-order valence-electron chi connectivity index (χ1n) is 4.60. The average Bonchev–Trinajstić information content (AvgIpc) is 2.56. The number of rotatable bonds is 2. The summed E-state index contributed by atoms with van der Waals surface area (Å²) in [4.78, 5) is 19.1. The molecule has 5 nitrogen and oxygen atoms in total. The lowest BCUT2D eigenvalue weighted by Crippen LogP contribution is -2.12. The zero-order valence-electron chi connectivity index (χ0n) is 8.51. The fourth-order valence-electron chi connectivity index (χ4n) is 1.55. The van der Waals surface area contributed by atoms with Gasteiger partial charge in [0.2, 0.25) is 0 Å². The van der Waals surface area contributed by atoms with Gasteiger partial charge in [0.15, 0.2) is 0 Å². The van der Waals surface area contributed by atoms with Crippen molar-refractivity contribution in [3.8, 4) is 0 Å². The maximum Gasteiger partial charge on any atom is 0.313 e. The van der Waals surface area contributed by atoms with Crippen molar-refractivity contribution in [3.05, 3.63) is 24.3 Å². The molecular formula is C10H11N3O2. The number of aliphatic carboxylic acids is 1. The number of carboxylic acid groups (broad SMARTS) is 1. The Morgan fingerprint density at radius 2 is 2.33 bits per heavy atom. The van der Waals surface area contributed by atoms with Gasteiger partial charge in [0.05, 0.1) is 17.2 Å². The number of nitrogens with zero attached hydrogens (tertiary/aromatic N) is 3. The van der Waals surface area contributed by atoms with Crippen molar-refractivity contribution in [1.29, 1.82) is 0 Å². The Kier molecular flexibility index (Phi) is 2.15. The van der Waals surface area contributed by atoms with Crippen LogP contribution in [0.3, 0.4) is 0 Å². The predicted molar refractivity (Wildman–Crippen MR) is 54.6 cm³/mol. The number of hydrogen-bond donors (Lipinski definition) is 1. The fourth-order valence-corrected chi connectivity index (χ4v) is 1.55. The van der Waals surface area contributed by atoms with Gasteiger partial charge in [0.25, 0.3) is 0 Å². The maximum absolute atomic E-state index is 10.9. The fraction of sp³-hybridized carbons (Fsp3) is 0.300. The lowest BCUT2D eigenvalue weighted by atomic mass is 10.2. The van der Waals surface area contributed by atoms with Gasteiger partial charge in [-0.3, -0.25) is 9.78 Å². The molecule has 0 aromatic carbocycles. The SMILES string of the molecule is CC(C(=O)O)c1nc2ccncc2n1C. The second-order valence-corrected chi connectivity index (χ2v) is 3.45. The lowest BCUT2D eigenvalue weighted by Gasteiger charge is -2.05. The molecule has 2 heterocycles. The van der Waals surface area contributed by atoms with Gasteiger partial charge in [-0.2, -0.15) is 0 Å². The molecule has 2 aromatic heterocycles. The molecule has 78 valence electrons. The van der Waals surface area contributed by atoms with E-state index in [4.69, 9.17) is 5.11 Å². The molecule has 2 rings (SSSR count). The van der Waals surface area contributed by atoms with Gasteiger partial charge in [-0.15, -0.1) is 0 Å². The van der Waals surface area contributed by atoms with E-state index in [-0.39, 0.29) is 0 Å². The van der Waals surface area contributed by atoms with Crippen LogP contribution in [0.2, 0.25) is 0 Å². The molecule has 5 heteroatoms. The summed E-state index contributed by atoms with van der Waals surface area (Å²) in [5.41, 5.74) is 1.62. The molecule has 0 fully saturated rings. The first-order chi connectivity index (χ1) is 7.11. The molecular weight excluding hydrogens is 194 g/mol. The summed E-state index contributed by atoms with van der Waals surface area (Å²) in [6.45, 7) is 1.62. The second kappa shape index (κ2) is 3.34. The Balaban J connectivity index is 2.63. The van der Waals surface area contributed by atoms with E-state index >= 15 is 0 Å². The number of aryl methyl sites for hydroxylation is 1. The van der Waals surface area contributed by atoms with Gasteiger partial charge in [-0.25, -0.2) is 4.98 Å². The number of carboxylic acids is 1. The summed E-state index contributed by atoms with van der Waals surface area (Å²) in [5, 5.41) is 8.92. The van der Waals surface area contributed by atoms with Gasteiger partial charge < -0.3 is 9.67 Å². The third-order valence-corrected chi connectivity index (χ3v) is 2.48. The van der Waals surface area contributed by atoms with Crippen molar-refractivity contribution in [2.45, 2.75) is 12.8 Å². The Bertz CT molecular complexity index is 518. The second-order valence-electron chi connectivity index (χ2n) is 3.45. The molecule has 0 radical (unpaired) electrons. The minimum Gasteiger partial charge on any atom is -0.481 e. The standard InChI is InChI=1S/C10H11N3O2/c1-6(10(14)15)9-12-7-3-4-11-5-8(7)13(9)2/h3-6H,1-2H3,(H,14,15). The largest absolute Gasteiger partial charge is 0.481 e. The van der Waals surface area contributed by atoms with Crippen molar-refractivity contribution < 1.29 is 9.90 Å². The smallest absolute Gasteiger partial charge is 0.313 e. The van der Waals surface area contributed by atoms with Crippen LogP contribution in [-0.2, 0) is 11.8 Å². The Morgan fingerprint density at radius 3 is 2.93 bits per heavy atom. The van der Waals surface area contributed by atoms with Crippen LogP contribution in [0.4, 0.5) is 0 Å². The molecule has 1 atom stereocenters. The van der Waals surface area contributed by atoms with Crippen molar-refractivity contribution in [3.63, 3.8) is 0 Å². The summed E-state index contributed by atoms with van der Waals surface area (Å²) in [6.07, 6.45) is 3.32. The Labute approximate surface area is 86.4 Å². The van der Waals surface area contributed by atoms with Gasteiger partial charge in [0.1, 0.15) is 11.7 Å². The summed E-state index contributed by atoms with van der Waals surface area (Å²) < 4.78 is 1.76. The molecule has 0 aliphatic heterocycles. The van der Waals surface area contributed by atoms with E-state index in [1.807, 2.05) is 0 Å². The quantitative estimate of drug-likeness (QED) is 0.798. The zero-order chi connectivity index (χ0) is 11.0. The van der Waals surface area contributed by atoms with Crippen LogP contribution in [0.1, 0.15) is 18.7 Å². The van der Waals surface area contributed by atoms with Crippen molar-refractivity contribution in [2.75, 3.05) is 0 Å². The Morgan fingerprint density at radius 1 is 1.60 bits per heavy atom. The van der Waals surface area contributed by atoms with Crippen LogP contribution in [0.25, 0.3) is 11.0 Å². The Hall–Kier alpha value is -1.91. The summed E-state index contributed by atoms with van der Waals surface area (Å²) in [6, 6.07) is 1.77. The molecule has 0 bridgehead atoms. The van der Waals surface area contributed by atoms with Gasteiger partial charge in [-0.05, 0) is 13.0 Å². The van der Waals surface area contributed by atoms with Crippen LogP contribution < -0.4 is 0 Å². The molecule has 0 saturated heterocycles. The third-order valence-electron chi connectivity index (χ3n) is 2.48. The molecule has 0 spiro atoms. The molecule has 0 amide bonds. The van der Waals surface area contributed by atoms with Crippen LogP contribution >= 0.6 is 0 Å². The van der Waals surface area contributed by atoms with Gasteiger partial charge >= 0.3 is 5.97 Å². The molecule has 0 aliphatic carbocycles. The summed E-state index contributed by atoms with van der Waals surface area (Å²) >= 11 is 0. The summed E-state index contributed by atoms with van der Waals surface area (Å²) in [5.74, 6) is -0.936. The number of fused-ring (bicyclic) bond motifs is 1. The highest BCUT2D eigenvalue weighted by atomic mass is 16.4. The van der Waals surface area contributed by atoms with Crippen LogP contribution in [0.5, 0.6) is 0 Å². The average molecular weight is 205 g/mol. The number of carbonyl (C=O) groups is 1. The zero-order valence-corrected chi connectivity index (χ0v) is 8.51. The normalized spacial score (nSPS) is 12.9. The van der Waals surface area contributed by atoms with E-state index in [1.54, 1.807) is 37.0 Å². The van der Waals surface area contributed by atoms with Crippen LogP contribution in [0.15, 0.2) is 18.5 Å². The minimum absolute atomic E-state index is 0.547. The van der Waals surface area contributed by atoms with Crippen molar-refractivity contribution in [1.82, 2.24) is 14.5 Å². The van der Waals surface area contributed by atoms with Crippen molar-refractivity contribution in [2.24, 2.45) is 7.05 Å². The summed E-state index contributed by atoms with van der Waals surface area (Å²) in [7, 11) is 1.80. The van der Waals surface area contributed by atoms with E-state index in [1.165, 1.54) is 0 Å². The number of aromatic nitrogens is 3. The van der Waals surface area contributed by atoms with Crippen LogP contribution in [-0.4, -0.2) is 25.6 Å². The monoisotopic (exact) mass is 205 g/mol. The third kappa shape index (κ3) is 1.45. The highest BCUT2D eigenvalue weighted by Crippen LogP contribution is 2.19.